The Morgan fingerprint density at radius 3 is 2.38 bits per heavy atom. The Bertz CT molecular complexity index is 946. The fourth-order valence-corrected chi connectivity index (χ4v) is 5.95. The number of carbonyl (C=O) groups is 1. The highest BCUT2D eigenvalue weighted by Gasteiger charge is 2.33. The Balaban J connectivity index is 1.58. The van der Waals surface area contributed by atoms with E-state index in [4.69, 9.17) is 0 Å². The van der Waals surface area contributed by atoms with Crippen LogP contribution in [0.1, 0.15) is 56.7 Å². The van der Waals surface area contributed by atoms with Gasteiger partial charge in [0.25, 0.3) is 0 Å². The number of benzene rings is 2. The van der Waals surface area contributed by atoms with Gasteiger partial charge in [-0.1, -0.05) is 74.5 Å². The Labute approximate surface area is 193 Å². The van der Waals surface area contributed by atoms with Gasteiger partial charge in [0, 0.05) is 13.1 Å². The molecule has 1 aliphatic heterocycles. The van der Waals surface area contributed by atoms with Crippen molar-refractivity contribution in [2.24, 2.45) is 11.8 Å². The Hall–Kier alpha value is -2.18. The van der Waals surface area contributed by atoms with Gasteiger partial charge in [0.15, 0.2) is 0 Å². The summed E-state index contributed by atoms with van der Waals surface area (Å²) in [6.45, 7) is 5.08. The molecular formula is C26H36N2O3S. The Kier molecular flexibility index (Phi) is 8.88. The monoisotopic (exact) mass is 456 g/mol. The second kappa shape index (κ2) is 11.6. The van der Waals surface area contributed by atoms with Crippen molar-refractivity contribution in [2.75, 3.05) is 18.8 Å². The molecular weight excluding hydrogens is 420 g/mol. The molecule has 6 heteroatoms. The van der Waals surface area contributed by atoms with Crippen LogP contribution >= 0.6 is 0 Å². The first kappa shape index (κ1) is 24.5. The lowest BCUT2D eigenvalue weighted by Gasteiger charge is -2.32. The molecule has 0 aliphatic carbocycles. The minimum Gasteiger partial charge on any atom is -0.349 e. The van der Waals surface area contributed by atoms with E-state index in [1.54, 1.807) is 0 Å². The minimum absolute atomic E-state index is 0.0383. The number of rotatable bonds is 10. The summed E-state index contributed by atoms with van der Waals surface area (Å²) >= 11 is 0. The van der Waals surface area contributed by atoms with E-state index in [0.29, 0.717) is 18.9 Å². The van der Waals surface area contributed by atoms with Crippen LogP contribution in [0.3, 0.4) is 0 Å². The van der Waals surface area contributed by atoms with Gasteiger partial charge in [-0.2, -0.15) is 0 Å². The van der Waals surface area contributed by atoms with E-state index < -0.39 is 10.0 Å². The van der Waals surface area contributed by atoms with Gasteiger partial charge in [-0.15, -0.1) is 0 Å². The fourth-order valence-electron chi connectivity index (χ4n) is 4.37. The molecule has 0 aromatic heterocycles. The number of hydrogen-bond acceptors (Lipinski definition) is 3. The average Bonchev–Trinajstić information content (AvgIpc) is 2.79. The second-order valence-corrected chi connectivity index (χ2v) is 11.3. The molecule has 32 heavy (non-hydrogen) atoms. The zero-order valence-electron chi connectivity index (χ0n) is 19.2. The van der Waals surface area contributed by atoms with Gasteiger partial charge in [0.1, 0.15) is 0 Å². The van der Waals surface area contributed by atoms with Gasteiger partial charge in [-0.05, 0) is 49.1 Å². The lowest BCUT2D eigenvalue weighted by Crippen LogP contribution is -2.46. The number of carbonyl (C=O) groups excluding carboxylic acids is 1. The summed E-state index contributed by atoms with van der Waals surface area (Å²) in [7, 11) is -3.37. The smallest absolute Gasteiger partial charge is 0.224 e. The van der Waals surface area contributed by atoms with Crippen molar-refractivity contribution in [1.29, 1.82) is 0 Å². The summed E-state index contributed by atoms with van der Waals surface area (Å²) in [6, 6.07) is 19.9. The number of amides is 1. The maximum absolute atomic E-state index is 13.1. The van der Waals surface area contributed by atoms with Crippen molar-refractivity contribution in [3.05, 3.63) is 71.8 Å². The van der Waals surface area contributed by atoms with Crippen LogP contribution < -0.4 is 5.32 Å². The first-order chi connectivity index (χ1) is 15.3. The maximum atomic E-state index is 13.1. The molecule has 0 saturated carbocycles. The molecule has 2 atom stereocenters. The third-order valence-corrected chi connectivity index (χ3v) is 8.01. The predicted octanol–water partition coefficient (Wildman–Crippen LogP) is 4.56. The van der Waals surface area contributed by atoms with Crippen LogP contribution in [0, 0.1) is 11.8 Å². The molecule has 2 unspecified atom stereocenters. The predicted molar refractivity (Wildman–Crippen MR) is 130 cm³/mol. The zero-order valence-corrected chi connectivity index (χ0v) is 20.1. The Morgan fingerprint density at radius 1 is 1.06 bits per heavy atom. The molecule has 1 aliphatic rings. The topological polar surface area (TPSA) is 66.5 Å². The van der Waals surface area contributed by atoms with Crippen LogP contribution in [-0.2, 0) is 21.2 Å². The van der Waals surface area contributed by atoms with Crippen LogP contribution in [0.15, 0.2) is 60.7 Å². The molecule has 0 bridgehead atoms. The fraction of sp³-hybridized carbons (Fsp3) is 0.500. The van der Waals surface area contributed by atoms with Crippen molar-refractivity contribution < 1.29 is 13.2 Å². The number of hydrogen-bond donors (Lipinski definition) is 1. The summed E-state index contributed by atoms with van der Waals surface area (Å²) < 4.78 is 27.4. The van der Waals surface area contributed by atoms with Gasteiger partial charge in [0.2, 0.25) is 15.9 Å². The molecule has 174 valence electrons. The first-order valence-corrected chi connectivity index (χ1v) is 13.3. The van der Waals surface area contributed by atoms with Crippen molar-refractivity contribution in [1.82, 2.24) is 9.62 Å². The highest BCUT2D eigenvalue weighted by atomic mass is 32.2. The summed E-state index contributed by atoms with van der Waals surface area (Å²) in [4.78, 5) is 13.1. The maximum Gasteiger partial charge on any atom is 0.224 e. The van der Waals surface area contributed by atoms with Gasteiger partial charge >= 0.3 is 0 Å². The van der Waals surface area contributed by atoms with E-state index in [0.717, 1.165) is 36.8 Å². The minimum atomic E-state index is -3.37. The molecule has 1 fully saturated rings. The molecule has 1 amide bonds. The zero-order chi connectivity index (χ0) is 23.0. The van der Waals surface area contributed by atoms with E-state index in [1.807, 2.05) is 60.7 Å². The number of nitrogens with one attached hydrogen (secondary N) is 1. The van der Waals surface area contributed by atoms with Crippen molar-refractivity contribution in [3.8, 4) is 0 Å². The molecule has 3 rings (SSSR count). The highest BCUT2D eigenvalue weighted by molar-refractivity contribution is 7.89. The third-order valence-electron chi connectivity index (χ3n) is 6.08. The second-order valence-electron chi connectivity index (χ2n) is 9.20. The van der Waals surface area contributed by atoms with Crippen LogP contribution in [0.25, 0.3) is 0 Å². The lowest BCUT2D eigenvalue weighted by molar-refractivity contribution is -0.127. The van der Waals surface area contributed by atoms with E-state index in [9.17, 15) is 13.2 Å². The van der Waals surface area contributed by atoms with E-state index >= 15 is 0 Å². The molecule has 0 spiro atoms. The lowest BCUT2D eigenvalue weighted by atomic mass is 9.94. The quantitative estimate of drug-likeness (QED) is 0.570. The Morgan fingerprint density at radius 2 is 1.72 bits per heavy atom. The molecule has 5 nitrogen and oxygen atoms in total. The summed E-state index contributed by atoms with van der Waals surface area (Å²) in [5.41, 5.74) is 2.24. The average molecular weight is 457 g/mol. The largest absolute Gasteiger partial charge is 0.349 e. The highest BCUT2D eigenvalue weighted by Crippen LogP contribution is 2.25. The standard InChI is InChI=1S/C26H36N2O3S/c1-21(2)19-25(23-14-7-4-8-15-23)27-26(29)24-16-9-17-28(20-24)32(30,31)18-10-13-22-11-5-3-6-12-22/h3-8,11-12,14-15,21,24-25H,9-10,13,16-20H2,1-2H3,(H,27,29). The summed E-state index contributed by atoms with van der Waals surface area (Å²) in [5, 5.41) is 3.21. The number of sulfonamides is 1. The van der Waals surface area contributed by atoms with Gasteiger partial charge in [-0.25, -0.2) is 12.7 Å². The van der Waals surface area contributed by atoms with Crippen molar-refractivity contribution >= 4 is 15.9 Å². The SMILES string of the molecule is CC(C)CC(NC(=O)C1CCCN(S(=O)(=O)CCCc2ccccc2)C1)c1ccccc1. The summed E-state index contributed by atoms with van der Waals surface area (Å²) in [6.07, 6.45) is 3.63. The third kappa shape index (κ3) is 7.17. The van der Waals surface area contributed by atoms with Gasteiger partial charge in [-0.3, -0.25) is 4.79 Å². The molecule has 2 aromatic rings. The number of piperidine rings is 1. The van der Waals surface area contributed by atoms with Gasteiger partial charge < -0.3 is 5.32 Å². The van der Waals surface area contributed by atoms with Crippen LogP contribution in [0.4, 0.5) is 0 Å². The number of nitrogens with zero attached hydrogens (tertiary/aromatic N) is 1. The molecule has 1 saturated heterocycles. The van der Waals surface area contributed by atoms with Gasteiger partial charge in [0.05, 0.1) is 17.7 Å². The van der Waals surface area contributed by atoms with E-state index in [1.165, 1.54) is 4.31 Å². The van der Waals surface area contributed by atoms with Crippen LogP contribution in [0.2, 0.25) is 0 Å². The van der Waals surface area contributed by atoms with Crippen LogP contribution in [-0.4, -0.2) is 37.5 Å². The van der Waals surface area contributed by atoms with E-state index in [-0.39, 0.29) is 30.2 Å². The molecule has 0 radical (unpaired) electrons. The summed E-state index contributed by atoms with van der Waals surface area (Å²) in [5.74, 6) is 0.221. The molecule has 1 N–H and O–H groups in total. The van der Waals surface area contributed by atoms with E-state index in [2.05, 4.69) is 19.2 Å². The normalized spacial score (nSPS) is 18.4. The molecule has 2 aromatic carbocycles. The van der Waals surface area contributed by atoms with Crippen molar-refractivity contribution in [3.63, 3.8) is 0 Å². The first-order valence-electron chi connectivity index (χ1n) is 11.7. The molecule has 1 heterocycles. The number of aryl methyl sites for hydroxylation is 1. The van der Waals surface area contributed by atoms with Crippen molar-refractivity contribution in [2.45, 2.75) is 52.0 Å². The van der Waals surface area contributed by atoms with Crippen LogP contribution in [0.5, 0.6) is 0 Å².